The summed E-state index contributed by atoms with van der Waals surface area (Å²) in [4.78, 5) is 20.9. The van der Waals surface area contributed by atoms with Gasteiger partial charge in [-0.3, -0.25) is 10.3 Å². The van der Waals surface area contributed by atoms with E-state index in [0.717, 1.165) is 17.7 Å². The van der Waals surface area contributed by atoms with E-state index >= 15 is 0 Å². The van der Waals surface area contributed by atoms with Gasteiger partial charge < -0.3 is 10.1 Å². The summed E-state index contributed by atoms with van der Waals surface area (Å²) in [5, 5.41) is 5.97. The largest absolute Gasteiger partial charge is 0.377 e. The summed E-state index contributed by atoms with van der Waals surface area (Å²) in [6, 6.07) is 11.2. The zero-order valence-corrected chi connectivity index (χ0v) is 14.4. The Bertz CT molecular complexity index is 1040. The van der Waals surface area contributed by atoms with E-state index in [9.17, 15) is 9.18 Å². The van der Waals surface area contributed by atoms with E-state index in [1.165, 1.54) is 12.3 Å². The van der Waals surface area contributed by atoms with Crippen LogP contribution in [0.2, 0.25) is 0 Å². The van der Waals surface area contributed by atoms with Crippen molar-refractivity contribution in [3.8, 4) is 0 Å². The minimum Gasteiger partial charge on any atom is -0.377 e. The fourth-order valence-corrected chi connectivity index (χ4v) is 2.96. The van der Waals surface area contributed by atoms with E-state index in [0.29, 0.717) is 30.1 Å². The number of urea groups is 1. The molecule has 3 heterocycles. The first-order valence-electron chi connectivity index (χ1n) is 8.56. The molecule has 1 aliphatic heterocycles. The first kappa shape index (κ1) is 17.1. The number of para-hydroxylation sites is 1. The molecule has 136 valence electrons. The molecule has 1 aliphatic rings. The van der Waals surface area contributed by atoms with Crippen molar-refractivity contribution in [2.45, 2.75) is 6.42 Å². The Balaban J connectivity index is 1.52. The van der Waals surface area contributed by atoms with Crippen LogP contribution in [0.5, 0.6) is 0 Å². The van der Waals surface area contributed by atoms with Crippen LogP contribution >= 0.6 is 0 Å². The number of nitrogens with one attached hydrogen (secondary N) is 2. The summed E-state index contributed by atoms with van der Waals surface area (Å²) >= 11 is 0. The van der Waals surface area contributed by atoms with Crippen molar-refractivity contribution in [2.75, 3.05) is 23.8 Å². The van der Waals surface area contributed by atoms with Crippen molar-refractivity contribution in [3.05, 3.63) is 66.2 Å². The number of pyridine rings is 2. The third kappa shape index (κ3) is 3.78. The van der Waals surface area contributed by atoms with Crippen molar-refractivity contribution < 1.29 is 13.9 Å². The third-order valence-electron chi connectivity index (χ3n) is 4.25. The van der Waals surface area contributed by atoms with Crippen LogP contribution < -0.4 is 10.6 Å². The maximum absolute atomic E-state index is 13.9. The smallest absolute Gasteiger partial charge is 0.324 e. The molecule has 0 saturated heterocycles. The van der Waals surface area contributed by atoms with Gasteiger partial charge in [-0.05, 0) is 36.3 Å². The van der Waals surface area contributed by atoms with E-state index in [1.807, 2.05) is 18.2 Å². The van der Waals surface area contributed by atoms with Gasteiger partial charge in [0.05, 0.1) is 24.6 Å². The second-order valence-corrected chi connectivity index (χ2v) is 6.04. The summed E-state index contributed by atoms with van der Waals surface area (Å²) in [7, 11) is 0. The molecule has 2 N–H and O–H groups in total. The second kappa shape index (κ2) is 7.51. The van der Waals surface area contributed by atoms with Crippen LogP contribution in [0.25, 0.3) is 16.5 Å². The maximum Gasteiger partial charge on any atom is 0.324 e. The first-order chi connectivity index (χ1) is 13.2. The lowest BCUT2D eigenvalue weighted by atomic mass is 10.1. The summed E-state index contributed by atoms with van der Waals surface area (Å²) < 4.78 is 19.2. The molecule has 0 aliphatic carbocycles. The Morgan fingerprint density at radius 2 is 2.00 bits per heavy atom. The molecule has 27 heavy (non-hydrogen) atoms. The standard InChI is InChI=1S/C20H17FN4O2/c21-15-4-1-3-14-17(7-10-22-19(14)15)24-20(26)25-18-6-2-5-16(23-18)13-8-11-27-12-9-13/h1-8,10H,9,11-12H2,(H2,22,23,24,25,26). The van der Waals surface area contributed by atoms with Crippen molar-refractivity contribution in [3.63, 3.8) is 0 Å². The lowest BCUT2D eigenvalue weighted by Gasteiger charge is -2.14. The van der Waals surface area contributed by atoms with Gasteiger partial charge in [0, 0.05) is 11.6 Å². The average molecular weight is 364 g/mol. The summed E-state index contributed by atoms with van der Waals surface area (Å²) in [6.45, 7) is 1.23. The molecule has 0 fully saturated rings. The van der Waals surface area contributed by atoms with Crippen LogP contribution in [0.15, 0.2) is 54.7 Å². The topological polar surface area (TPSA) is 76.1 Å². The summed E-state index contributed by atoms with van der Waals surface area (Å²) in [5.41, 5.74) is 2.59. The molecular weight excluding hydrogens is 347 g/mol. The number of hydrogen-bond acceptors (Lipinski definition) is 4. The Morgan fingerprint density at radius 1 is 1.11 bits per heavy atom. The molecule has 3 aromatic rings. The Kier molecular flexibility index (Phi) is 4.76. The van der Waals surface area contributed by atoms with Crippen LogP contribution in [-0.4, -0.2) is 29.2 Å². The predicted octanol–water partition coefficient (Wildman–Crippen LogP) is 4.22. The molecule has 7 heteroatoms. The molecule has 2 aromatic heterocycles. The number of nitrogens with zero attached hydrogens (tertiary/aromatic N) is 2. The normalized spacial score (nSPS) is 13.9. The molecule has 0 spiro atoms. The van der Waals surface area contributed by atoms with Crippen LogP contribution in [0, 0.1) is 5.82 Å². The highest BCUT2D eigenvalue weighted by Gasteiger charge is 2.11. The Morgan fingerprint density at radius 3 is 2.85 bits per heavy atom. The number of anilines is 2. The van der Waals surface area contributed by atoms with E-state index in [2.05, 4.69) is 20.6 Å². The van der Waals surface area contributed by atoms with Crippen molar-refractivity contribution in [1.29, 1.82) is 0 Å². The molecular formula is C20H17FN4O2. The van der Waals surface area contributed by atoms with Crippen LogP contribution in [0.4, 0.5) is 20.7 Å². The first-order valence-corrected chi connectivity index (χ1v) is 8.56. The number of benzene rings is 1. The van der Waals surface area contributed by atoms with E-state index in [4.69, 9.17) is 4.74 Å². The van der Waals surface area contributed by atoms with Crippen LogP contribution in [0.1, 0.15) is 12.1 Å². The van der Waals surface area contributed by atoms with E-state index in [-0.39, 0.29) is 5.52 Å². The number of ether oxygens (including phenoxy) is 1. The molecule has 0 unspecified atom stereocenters. The monoisotopic (exact) mass is 364 g/mol. The predicted molar refractivity (Wildman–Crippen MR) is 102 cm³/mol. The van der Waals surface area contributed by atoms with Crippen LogP contribution in [0.3, 0.4) is 0 Å². The number of carbonyl (C=O) groups is 1. The number of fused-ring (bicyclic) bond motifs is 1. The average Bonchev–Trinajstić information content (AvgIpc) is 2.70. The highest BCUT2D eigenvalue weighted by atomic mass is 19.1. The number of carbonyl (C=O) groups excluding carboxylic acids is 1. The van der Waals surface area contributed by atoms with Gasteiger partial charge >= 0.3 is 6.03 Å². The molecule has 0 saturated carbocycles. The van der Waals surface area contributed by atoms with Gasteiger partial charge in [0.2, 0.25) is 0 Å². The lowest BCUT2D eigenvalue weighted by Crippen LogP contribution is -2.20. The van der Waals surface area contributed by atoms with Crippen molar-refractivity contribution in [2.24, 2.45) is 0 Å². The zero-order valence-electron chi connectivity index (χ0n) is 14.4. The molecule has 0 radical (unpaired) electrons. The number of halogens is 1. The quantitative estimate of drug-likeness (QED) is 0.730. The zero-order chi connectivity index (χ0) is 18.6. The molecule has 2 amide bonds. The third-order valence-corrected chi connectivity index (χ3v) is 4.25. The highest BCUT2D eigenvalue weighted by molar-refractivity contribution is 6.05. The number of rotatable bonds is 3. The summed E-state index contributed by atoms with van der Waals surface area (Å²) in [6.07, 6.45) is 4.24. The fourth-order valence-electron chi connectivity index (χ4n) is 2.96. The van der Waals surface area contributed by atoms with E-state index < -0.39 is 11.8 Å². The molecule has 1 aromatic carbocycles. The van der Waals surface area contributed by atoms with Gasteiger partial charge in [0.25, 0.3) is 0 Å². The van der Waals surface area contributed by atoms with Gasteiger partial charge in [0.1, 0.15) is 17.2 Å². The van der Waals surface area contributed by atoms with Gasteiger partial charge in [-0.15, -0.1) is 0 Å². The summed E-state index contributed by atoms with van der Waals surface area (Å²) in [5.74, 6) is -0.00223. The second-order valence-electron chi connectivity index (χ2n) is 6.04. The van der Waals surface area contributed by atoms with Crippen molar-refractivity contribution >= 4 is 34.0 Å². The minimum atomic E-state index is -0.461. The Labute approximate surface area is 155 Å². The highest BCUT2D eigenvalue weighted by Crippen LogP contribution is 2.24. The minimum absolute atomic E-state index is 0.210. The number of aromatic nitrogens is 2. The van der Waals surface area contributed by atoms with Gasteiger partial charge in [-0.1, -0.05) is 24.3 Å². The maximum atomic E-state index is 13.9. The molecule has 6 nitrogen and oxygen atoms in total. The van der Waals surface area contributed by atoms with Crippen LogP contribution in [-0.2, 0) is 4.74 Å². The van der Waals surface area contributed by atoms with E-state index in [1.54, 1.807) is 24.3 Å². The van der Waals surface area contributed by atoms with Crippen molar-refractivity contribution in [1.82, 2.24) is 9.97 Å². The van der Waals surface area contributed by atoms with Gasteiger partial charge in [-0.25, -0.2) is 14.2 Å². The molecule has 4 rings (SSSR count). The number of hydrogen-bond donors (Lipinski definition) is 2. The molecule has 0 atom stereocenters. The SMILES string of the molecule is O=C(Nc1cccc(C2=CCOCC2)n1)Nc1ccnc2c(F)cccc12. The van der Waals surface area contributed by atoms with Gasteiger partial charge in [-0.2, -0.15) is 0 Å². The van der Waals surface area contributed by atoms with Gasteiger partial charge in [0.15, 0.2) is 0 Å². The Hall–Kier alpha value is -3.32. The fraction of sp³-hybridized carbons (Fsp3) is 0.150. The molecule has 0 bridgehead atoms. The lowest BCUT2D eigenvalue weighted by molar-refractivity contribution is 0.161. The number of amides is 2.